The minimum Gasteiger partial charge on any atom is -0.348 e. The Morgan fingerprint density at radius 1 is 1.30 bits per heavy atom. The van der Waals surface area contributed by atoms with Crippen LogP contribution in [0.1, 0.15) is 24.2 Å². The highest BCUT2D eigenvalue weighted by Gasteiger charge is 2.22. The molecule has 1 unspecified atom stereocenters. The zero-order chi connectivity index (χ0) is 19.2. The molecule has 1 saturated heterocycles. The number of aryl methyl sites for hydroxylation is 1. The molecule has 0 bridgehead atoms. The largest absolute Gasteiger partial charge is 0.348 e. The van der Waals surface area contributed by atoms with Crippen molar-refractivity contribution < 1.29 is 4.79 Å². The average Bonchev–Trinajstić information content (AvgIpc) is 2.62. The van der Waals surface area contributed by atoms with E-state index in [4.69, 9.17) is 0 Å². The second-order valence-electron chi connectivity index (χ2n) is 7.42. The van der Waals surface area contributed by atoms with Crippen molar-refractivity contribution in [2.75, 3.05) is 39.0 Å². The summed E-state index contributed by atoms with van der Waals surface area (Å²) in [5.74, 6) is 2.21. The monoisotopic (exact) mass is 368 g/mol. The van der Waals surface area contributed by atoms with Gasteiger partial charge in [-0.15, -0.1) is 0 Å². The van der Waals surface area contributed by atoms with Gasteiger partial charge >= 0.3 is 0 Å². The number of anilines is 2. The molecule has 2 aromatic rings. The fourth-order valence-corrected chi connectivity index (χ4v) is 3.41. The van der Waals surface area contributed by atoms with E-state index in [1.807, 2.05) is 45.3 Å². The minimum absolute atomic E-state index is 0.162. The van der Waals surface area contributed by atoms with Gasteiger partial charge in [0.2, 0.25) is 5.91 Å². The van der Waals surface area contributed by atoms with Crippen LogP contribution < -0.4 is 5.32 Å². The molecule has 0 saturated carbocycles. The number of piperidine rings is 1. The van der Waals surface area contributed by atoms with Crippen molar-refractivity contribution >= 4 is 17.5 Å². The predicted molar refractivity (Wildman–Crippen MR) is 106 cm³/mol. The molecule has 0 radical (unpaired) electrons. The number of carbonyl (C=O) groups excluding carboxylic acids is 1. The van der Waals surface area contributed by atoms with Gasteiger partial charge in [-0.2, -0.15) is 0 Å². The van der Waals surface area contributed by atoms with Crippen LogP contribution >= 0.6 is 0 Å². The van der Waals surface area contributed by atoms with Gasteiger partial charge in [0.1, 0.15) is 18.0 Å². The van der Waals surface area contributed by atoms with Gasteiger partial charge in [-0.1, -0.05) is 6.07 Å². The third kappa shape index (κ3) is 5.72. The summed E-state index contributed by atoms with van der Waals surface area (Å²) in [6.07, 6.45) is 4.78. The fraction of sp³-hybridized carbons (Fsp3) is 0.500. The summed E-state index contributed by atoms with van der Waals surface area (Å²) in [6.45, 7) is 4.39. The van der Waals surface area contributed by atoms with E-state index in [1.54, 1.807) is 11.2 Å². The fourth-order valence-electron chi connectivity index (χ4n) is 3.41. The molecule has 3 heterocycles. The molecule has 1 N–H and O–H groups in total. The number of carbonyl (C=O) groups is 1. The standard InChI is InChI=1S/C20H28N6O/c1-15-6-4-8-18(23-15)24-19-11-17(21-14-22-19)10-16-7-5-9-26(12-16)13-20(27)25(2)3/h4,6,8,11,14,16H,5,7,9-10,12-13H2,1-3H3,(H,21,22,23,24). The number of nitrogens with one attached hydrogen (secondary N) is 1. The second-order valence-corrected chi connectivity index (χ2v) is 7.42. The summed E-state index contributed by atoms with van der Waals surface area (Å²) in [5, 5.41) is 3.25. The first kappa shape index (κ1) is 19.2. The van der Waals surface area contributed by atoms with Crippen LogP contribution in [-0.4, -0.2) is 64.4 Å². The SMILES string of the molecule is Cc1cccc(Nc2cc(CC3CCCN(CC(=O)N(C)C)C3)ncn2)n1. The van der Waals surface area contributed by atoms with Gasteiger partial charge in [-0.3, -0.25) is 9.69 Å². The van der Waals surface area contributed by atoms with Crippen LogP contribution in [0, 0.1) is 12.8 Å². The van der Waals surface area contributed by atoms with E-state index in [0.29, 0.717) is 12.5 Å². The summed E-state index contributed by atoms with van der Waals surface area (Å²) < 4.78 is 0. The number of nitrogens with zero attached hydrogens (tertiary/aromatic N) is 5. The van der Waals surface area contributed by atoms with Crippen molar-refractivity contribution in [2.24, 2.45) is 5.92 Å². The van der Waals surface area contributed by atoms with Crippen molar-refractivity contribution in [1.29, 1.82) is 0 Å². The molecule has 1 amide bonds. The molecule has 144 valence electrons. The summed E-state index contributed by atoms with van der Waals surface area (Å²) in [6, 6.07) is 7.86. The Labute approximate surface area is 160 Å². The van der Waals surface area contributed by atoms with E-state index in [1.165, 1.54) is 6.42 Å². The third-order valence-corrected chi connectivity index (χ3v) is 4.83. The third-order valence-electron chi connectivity index (χ3n) is 4.83. The normalized spacial score (nSPS) is 17.5. The maximum absolute atomic E-state index is 12.0. The van der Waals surface area contributed by atoms with E-state index in [-0.39, 0.29) is 5.91 Å². The van der Waals surface area contributed by atoms with E-state index in [0.717, 1.165) is 49.0 Å². The van der Waals surface area contributed by atoms with E-state index in [9.17, 15) is 4.79 Å². The van der Waals surface area contributed by atoms with Gasteiger partial charge in [0.25, 0.3) is 0 Å². The van der Waals surface area contributed by atoms with Crippen LogP contribution in [0.5, 0.6) is 0 Å². The molecule has 0 spiro atoms. The van der Waals surface area contributed by atoms with Crippen molar-refractivity contribution in [3.05, 3.63) is 42.0 Å². The number of aromatic nitrogens is 3. The van der Waals surface area contributed by atoms with Gasteiger partial charge in [0, 0.05) is 38.1 Å². The lowest BCUT2D eigenvalue weighted by atomic mass is 9.93. The van der Waals surface area contributed by atoms with E-state index >= 15 is 0 Å². The van der Waals surface area contributed by atoms with Crippen LogP contribution in [0.2, 0.25) is 0 Å². The molecule has 3 rings (SSSR count). The summed E-state index contributed by atoms with van der Waals surface area (Å²) in [7, 11) is 3.62. The lowest BCUT2D eigenvalue weighted by molar-refractivity contribution is -0.130. The summed E-state index contributed by atoms with van der Waals surface area (Å²) in [4.78, 5) is 29.1. The van der Waals surface area contributed by atoms with Gasteiger partial charge in [0.15, 0.2) is 0 Å². The Bertz CT molecular complexity index is 779. The zero-order valence-electron chi connectivity index (χ0n) is 16.4. The Hall–Kier alpha value is -2.54. The minimum atomic E-state index is 0.162. The van der Waals surface area contributed by atoms with Crippen LogP contribution in [0.15, 0.2) is 30.6 Å². The Morgan fingerprint density at radius 2 is 2.15 bits per heavy atom. The molecule has 7 heteroatoms. The molecular weight excluding hydrogens is 340 g/mol. The topological polar surface area (TPSA) is 74.2 Å². The quantitative estimate of drug-likeness (QED) is 0.843. The lowest BCUT2D eigenvalue weighted by Crippen LogP contribution is -2.42. The molecule has 0 aliphatic carbocycles. The number of likely N-dealkylation sites (N-methyl/N-ethyl adjacent to an activating group) is 1. The van der Waals surface area contributed by atoms with Gasteiger partial charge < -0.3 is 10.2 Å². The van der Waals surface area contributed by atoms with E-state index in [2.05, 4.69) is 25.2 Å². The first-order chi connectivity index (χ1) is 13.0. The van der Waals surface area contributed by atoms with Gasteiger partial charge in [0.05, 0.1) is 6.54 Å². The van der Waals surface area contributed by atoms with Gasteiger partial charge in [-0.05, 0) is 50.8 Å². The van der Waals surface area contributed by atoms with Gasteiger partial charge in [-0.25, -0.2) is 15.0 Å². The predicted octanol–water partition coefficient (Wildman–Crippen LogP) is 2.27. The zero-order valence-corrected chi connectivity index (χ0v) is 16.4. The number of rotatable bonds is 6. The van der Waals surface area contributed by atoms with Crippen molar-refractivity contribution in [3.8, 4) is 0 Å². The lowest BCUT2D eigenvalue weighted by Gasteiger charge is -2.32. The summed E-state index contributed by atoms with van der Waals surface area (Å²) in [5.41, 5.74) is 1.98. The molecule has 1 aliphatic rings. The number of hydrogen-bond donors (Lipinski definition) is 1. The maximum Gasteiger partial charge on any atom is 0.236 e. The molecule has 27 heavy (non-hydrogen) atoms. The van der Waals surface area contributed by atoms with Crippen LogP contribution in [-0.2, 0) is 11.2 Å². The van der Waals surface area contributed by atoms with Crippen LogP contribution in [0.25, 0.3) is 0 Å². The smallest absolute Gasteiger partial charge is 0.236 e. The van der Waals surface area contributed by atoms with Crippen LogP contribution in [0.4, 0.5) is 11.6 Å². The molecule has 1 fully saturated rings. The second kappa shape index (κ2) is 8.90. The highest BCUT2D eigenvalue weighted by Crippen LogP contribution is 2.21. The Morgan fingerprint density at radius 3 is 2.93 bits per heavy atom. The highest BCUT2D eigenvalue weighted by molar-refractivity contribution is 5.77. The van der Waals surface area contributed by atoms with Crippen molar-refractivity contribution in [1.82, 2.24) is 24.8 Å². The van der Waals surface area contributed by atoms with Crippen molar-refractivity contribution in [3.63, 3.8) is 0 Å². The Kier molecular flexibility index (Phi) is 6.34. The van der Waals surface area contributed by atoms with Crippen LogP contribution in [0.3, 0.4) is 0 Å². The molecule has 7 nitrogen and oxygen atoms in total. The number of amides is 1. The van der Waals surface area contributed by atoms with Crippen molar-refractivity contribution in [2.45, 2.75) is 26.2 Å². The number of pyridine rings is 1. The highest BCUT2D eigenvalue weighted by atomic mass is 16.2. The number of likely N-dealkylation sites (tertiary alicyclic amines) is 1. The average molecular weight is 368 g/mol. The molecular formula is C20H28N6O. The Balaban J connectivity index is 1.59. The molecule has 2 aromatic heterocycles. The number of hydrogen-bond acceptors (Lipinski definition) is 6. The summed E-state index contributed by atoms with van der Waals surface area (Å²) >= 11 is 0. The first-order valence-corrected chi connectivity index (χ1v) is 9.43. The molecule has 0 aromatic carbocycles. The molecule has 1 atom stereocenters. The van der Waals surface area contributed by atoms with E-state index < -0.39 is 0 Å². The maximum atomic E-state index is 12.0. The first-order valence-electron chi connectivity index (χ1n) is 9.43. The molecule has 1 aliphatic heterocycles.